The Morgan fingerprint density at radius 1 is 1.11 bits per heavy atom. The normalized spacial score (nSPS) is 12.3. The average molecular weight is 424 g/mol. The van der Waals surface area contributed by atoms with Crippen LogP contribution in [-0.2, 0) is 0 Å². The molecule has 0 fully saturated rings. The summed E-state index contributed by atoms with van der Waals surface area (Å²) in [5.41, 5.74) is 1.97. The lowest BCUT2D eigenvalue weighted by molar-refractivity contribution is 0.884. The molecular formula is C14H11Br2Cl2N. The van der Waals surface area contributed by atoms with Gasteiger partial charge in [0.1, 0.15) is 0 Å². The molecule has 0 saturated heterocycles. The third kappa shape index (κ3) is 3.66. The van der Waals surface area contributed by atoms with Crippen LogP contribution in [0.1, 0.15) is 18.5 Å². The number of hydrogen-bond donors (Lipinski definition) is 1. The smallest absolute Gasteiger partial charge is 0.0644 e. The lowest BCUT2D eigenvalue weighted by Gasteiger charge is -2.18. The molecule has 2 aromatic rings. The van der Waals surface area contributed by atoms with Crippen molar-refractivity contribution in [2.45, 2.75) is 13.0 Å². The quantitative estimate of drug-likeness (QED) is 0.579. The van der Waals surface area contributed by atoms with E-state index in [1.807, 2.05) is 37.3 Å². The molecule has 19 heavy (non-hydrogen) atoms. The first-order valence-electron chi connectivity index (χ1n) is 5.64. The van der Waals surface area contributed by atoms with Gasteiger partial charge in [0.25, 0.3) is 0 Å². The summed E-state index contributed by atoms with van der Waals surface area (Å²) in [6, 6.07) is 11.7. The Hall–Kier alpha value is -0.220. The van der Waals surface area contributed by atoms with Gasteiger partial charge in [-0.25, -0.2) is 0 Å². The molecule has 2 aromatic carbocycles. The van der Waals surface area contributed by atoms with Crippen molar-refractivity contribution in [3.05, 3.63) is 61.0 Å². The third-order valence-electron chi connectivity index (χ3n) is 2.75. The number of nitrogens with one attached hydrogen (secondary N) is 1. The van der Waals surface area contributed by atoms with Crippen LogP contribution >= 0.6 is 55.1 Å². The molecule has 0 bridgehead atoms. The van der Waals surface area contributed by atoms with E-state index >= 15 is 0 Å². The van der Waals surface area contributed by atoms with Gasteiger partial charge in [0.05, 0.1) is 21.8 Å². The molecule has 0 aliphatic heterocycles. The number of benzene rings is 2. The summed E-state index contributed by atoms with van der Waals surface area (Å²) in [5.74, 6) is 0. The Kier molecular flexibility index (Phi) is 5.18. The van der Waals surface area contributed by atoms with E-state index < -0.39 is 0 Å². The van der Waals surface area contributed by atoms with Gasteiger partial charge in [-0.05, 0) is 52.7 Å². The second-order valence-corrected chi connectivity index (χ2v) is 6.69. The van der Waals surface area contributed by atoms with Crippen molar-refractivity contribution in [2.75, 3.05) is 5.32 Å². The van der Waals surface area contributed by atoms with Gasteiger partial charge in [-0.2, -0.15) is 0 Å². The maximum atomic E-state index is 6.23. The van der Waals surface area contributed by atoms with Crippen molar-refractivity contribution < 1.29 is 0 Å². The first-order valence-corrected chi connectivity index (χ1v) is 7.98. The predicted octanol–water partition coefficient (Wildman–Crippen LogP) is 6.69. The highest BCUT2D eigenvalue weighted by atomic mass is 79.9. The number of anilines is 1. The summed E-state index contributed by atoms with van der Waals surface area (Å²) in [6.45, 7) is 2.05. The first-order chi connectivity index (χ1) is 8.99. The van der Waals surface area contributed by atoms with Gasteiger partial charge < -0.3 is 5.32 Å². The third-order valence-corrected chi connectivity index (χ3v) is 4.77. The Morgan fingerprint density at radius 2 is 1.84 bits per heavy atom. The number of hydrogen-bond acceptors (Lipinski definition) is 1. The van der Waals surface area contributed by atoms with Gasteiger partial charge >= 0.3 is 0 Å². The molecule has 0 aliphatic rings. The Bertz CT molecular complexity index is 602. The monoisotopic (exact) mass is 421 g/mol. The zero-order valence-corrected chi connectivity index (χ0v) is 14.7. The minimum Gasteiger partial charge on any atom is -0.378 e. The highest BCUT2D eigenvalue weighted by molar-refractivity contribution is 9.11. The maximum Gasteiger partial charge on any atom is 0.0644 e. The average Bonchev–Trinajstić information content (AvgIpc) is 2.37. The number of halogens is 4. The summed E-state index contributed by atoms with van der Waals surface area (Å²) in [6.07, 6.45) is 0. The van der Waals surface area contributed by atoms with E-state index in [2.05, 4.69) is 37.2 Å². The van der Waals surface area contributed by atoms with Gasteiger partial charge in [-0.1, -0.05) is 51.3 Å². The molecule has 0 heterocycles. The predicted molar refractivity (Wildman–Crippen MR) is 90.3 cm³/mol. The van der Waals surface area contributed by atoms with Gasteiger partial charge in [0.2, 0.25) is 0 Å². The van der Waals surface area contributed by atoms with Crippen LogP contribution in [0.5, 0.6) is 0 Å². The van der Waals surface area contributed by atoms with Crippen molar-refractivity contribution in [1.29, 1.82) is 0 Å². The van der Waals surface area contributed by atoms with Crippen LogP contribution < -0.4 is 5.32 Å². The minimum absolute atomic E-state index is 0.0526. The summed E-state index contributed by atoms with van der Waals surface area (Å²) in [5, 5.41) is 4.58. The van der Waals surface area contributed by atoms with Gasteiger partial charge in [0, 0.05) is 8.95 Å². The molecule has 1 unspecified atom stereocenters. The Morgan fingerprint density at radius 3 is 2.58 bits per heavy atom. The molecule has 0 aliphatic carbocycles. The second-order valence-electron chi connectivity index (χ2n) is 4.13. The van der Waals surface area contributed by atoms with E-state index in [9.17, 15) is 0 Å². The van der Waals surface area contributed by atoms with Crippen LogP contribution in [0.4, 0.5) is 5.69 Å². The van der Waals surface area contributed by atoms with Crippen LogP contribution in [0.15, 0.2) is 45.3 Å². The van der Waals surface area contributed by atoms with Crippen molar-refractivity contribution >= 4 is 60.7 Å². The highest BCUT2D eigenvalue weighted by Gasteiger charge is 2.13. The SMILES string of the molecule is CC(Nc1cc(Br)ccc1Br)c1cccc(Cl)c1Cl. The molecule has 2 rings (SSSR count). The molecule has 1 nitrogen and oxygen atoms in total. The van der Waals surface area contributed by atoms with Crippen LogP contribution in [0, 0.1) is 0 Å². The zero-order chi connectivity index (χ0) is 14.0. The van der Waals surface area contributed by atoms with E-state index in [-0.39, 0.29) is 6.04 Å². The second kappa shape index (κ2) is 6.49. The fourth-order valence-corrected chi connectivity index (χ4v) is 2.97. The molecule has 0 aromatic heterocycles. The van der Waals surface area contributed by atoms with Crippen LogP contribution in [-0.4, -0.2) is 0 Å². The molecule has 0 radical (unpaired) electrons. The molecule has 100 valence electrons. The van der Waals surface area contributed by atoms with Crippen LogP contribution in [0.25, 0.3) is 0 Å². The zero-order valence-electron chi connectivity index (χ0n) is 10.1. The standard InChI is InChI=1S/C14H11Br2Cl2N/c1-8(10-3-2-4-12(17)14(10)18)19-13-7-9(15)5-6-11(13)16/h2-8,19H,1H3. The summed E-state index contributed by atoms with van der Waals surface area (Å²) >= 11 is 19.3. The topological polar surface area (TPSA) is 12.0 Å². The molecule has 1 N–H and O–H groups in total. The first kappa shape index (κ1) is 15.2. The number of rotatable bonds is 3. The van der Waals surface area contributed by atoms with Crippen molar-refractivity contribution in [2.24, 2.45) is 0 Å². The minimum atomic E-state index is 0.0526. The molecular weight excluding hydrogens is 413 g/mol. The van der Waals surface area contributed by atoms with E-state index in [0.29, 0.717) is 10.0 Å². The Labute approximate surface area is 139 Å². The van der Waals surface area contributed by atoms with Crippen LogP contribution in [0.3, 0.4) is 0 Å². The van der Waals surface area contributed by atoms with Crippen molar-refractivity contribution in [1.82, 2.24) is 0 Å². The summed E-state index contributed by atoms with van der Waals surface area (Å²) in [4.78, 5) is 0. The van der Waals surface area contributed by atoms with E-state index in [0.717, 1.165) is 20.2 Å². The Balaban J connectivity index is 2.28. The van der Waals surface area contributed by atoms with E-state index in [1.54, 1.807) is 6.07 Å². The summed E-state index contributed by atoms with van der Waals surface area (Å²) < 4.78 is 2.02. The van der Waals surface area contributed by atoms with Gasteiger partial charge in [-0.3, -0.25) is 0 Å². The largest absolute Gasteiger partial charge is 0.378 e. The van der Waals surface area contributed by atoms with Crippen molar-refractivity contribution in [3.8, 4) is 0 Å². The van der Waals surface area contributed by atoms with Gasteiger partial charge in [-0.15, -0.1) is 0 Å². The molecule has 0 spiro atoms. The summed E-state index contributed by atoms with van der Waals surface area (Å²) in [7, 11) is 0. The molecule has 1 atom stereocenters. The molecule has 0 saturated carbocycles. The van der Waals surface area contributed by atoms with Crippen LogP contribution in [0.2, 0.25) is 10.0 Å². The van der Waals surface area contributed by atoms with Crippen molar-refractivity contribution in [3.63, 3.8) is 0 Å². The fraction of sp³-hybridized carbons (Fsp3) is 0.143. The fourth-order valence-electron chi connectivity index (χ4n) is 1.77. The highest BCUT2D eigenvalue weighted by Crippen LogP contribution is 2.34. The lowest BCUT2D eigenvalue weighted by atomic mass is 10.1. The van der Waals surface area contributed by atoms with E-state index in [4.69, 9.17) is 23.2 Å². The molecule has 5 heteroatoms. The van der Waals surface area contributed by atoms with Gasteiger partial charge in [0.15, 0.2) is 0 Å². The lowest BCUT2D eigenvalue weighted by Crippen LogP contribution is -2.07. The maximum absolute atomic E-state index is 6.23. The van der Waals surface area contributed by atoms with E-state index in [1.165, 1.54) is 0 Å². The molecule has 0 amide bonds.